The van der Waals surface area contributed by atoms with Crippen LogP contribution in [0.15, 0.2) is 18.2 Å². The molecule has 0 saturated heterocycles. The third-order valence-electron chi connectivity index (χ3n) is 5.75. The second kappa shape index (κ2) is 4.43. The highest BCUT2D eigenvalue weighted by Gasteiger charge is 2.64. The fourth-order valence-electron chi connectivity index (χ4n) is 4.05. The van der Waals surface area contributed by atoms with Gasteiger partial charge in [-0.3, -0.25) is 9.59 Å². The maximum absolute atomic E-state index is 12.8. The van der Waals surface area contributed by atoms with E-state index in [-0.39, 0.29) is 17.1 Å². The molecule has 0 aromatic heterocycles. The van der Waals surface area contributed by atoms with Crippen molar-refractivity contribution >= 4 is 17.4 Å². The van der Waals surface area contributed by atoms with Crippen molar-refractivity contribution in [2.24, 2.45) is 16.7 Å². The van der Waals surface area contributed by atoms with E-state index in [1.165, 1.54) is 5.56 Å². The van der Waals surface area contributed by atoms with E-state index in [1.54, 1.807) is 0 Å². The van der Waals surface area contributed by atoms with Crippen molar-refractivity contribution in [2.45, 2.75) is 47.0 Å². The zero-order valence-electron chi connectivity index (χ0n) is 13.2. The second-order valence-electron chi connectivity index (χ2n) is 7.33. The fraction of sp³-hybridized carbons (Fsp3) is 0.556. The summed E-state index contributed by atoms with van der Waals surface area (Å²) in [4.78, 5) is 25.5. The molecule has 0 aliphatic heterocycles. The Morgan fingerprint density at radius 2 is 1.95 bits per heavy atom. The molecular formula is C18H23NO2. The Labute approximate surface area is 126 Å². The van der Waals surface area contributed by atoms with Gasteiger partial charge in [-0.25, -0.2) is 0 Å². The largest absolute Gasteiger partial charge is 0.325 e. The van der Waals surface area contributed by atoms with Crippen LogP contribution in [0, 0.1) is 30.6 Å². The Kier molecular flexibility index (Phi) is 3.01. The van der Waals surface area contributed by atoms with Gasteiger partial charge in [0.2, 0.25) is 5.91 Å². The number of nitrogens with one attached hydrogen (secondary N) is 1. The molecule has 3 rings (SSSR count). The number of rotatable bonds is 2. The molecule has 2 aliphatic rings. The predicted molar refractivity (Wildman–Crippen MR) is 83.1 cm³/mol. The number of aryl methyl sites for hydroxylation is 2. The van der Waals surface area contributed by atoms with Crippen LogP contribution in [0.4, 0.5) is 5.69 Å². The SMILES string of the molecule is Cc1ccc(NC(=O)C23CCC(C2)C(C)(C)C3=O)cc1C. The van der Waals surface area contributed by atoms with Gasteiger partial charge in [0.25, 0.3) is 0 Å². The lowest BCUT2D eigenvalue weighted by atomic mass is 9.70. The molecule has 3 nitrogen and oxygen atoms in total. The van der Waals surface area contributed by atoms with E-state index in [9.17, 15) is 9.59 Å². The number of Topliss-reactive ketones (excluding diaryl/α,β-unsaturated/α-hetero) is 1. The zero-order chi connectivity index (χ0) is 15.4. The molecule has 2 unspecified atom stereocenters. The number of hydrogen-bond donors (Lipinski definition) is 1. The summed E-state index contributed by atoms with van der Waals surface area (Å²) in [6.45, 7) is 8.05. The number of amides is 1. The number of ketones is 1. The zero-order valence-corrected chi connectivity index (χ0v) is 13.2. The summed E-state index contributed by atoms with van der Waals surface area (Å²) in [5.41, 5.74) is 2.00. The smallest absolute Gasteiger partial charge is 0.238 e. The molecule has 21 heavy (non-hydrogen) atoms. The molecule has 1 N–H and O–H groups in total. The van der Waals surface area contributed by atoms with Gasteiger partial charge in [-0.15, -0.1) is 0 Å². The third kappa shape index (κ3) is 1.94. The molecule has 2 bridgehead atoms. The van der Waals surface area contributed by atoms with Crippen LogP contribution in [0.2, 0.25) is 0 Å². The molecule has 2 atom stereocenters. The van der Waals surface area contributed by atoms with Crippen molar-refractivity contribution in [2.75, 3.05) is 5.32 Å². The molecule has 3 heteroatoms. The van der Waals surface area contributed by atoms with E-state index >= 15 is 0 Å². The van der Waals surface area contributed by atoms with Crippen molar-refractivity contribution in [1.82, 2.24) is 0 Å². The summed E-state index contributed by atoms with van der Waals surface area (Å²) >= 11 is 0. The van der Waals surface area contributed by atoms with E-state index in [0.29, 0.717) is 12.3 Å². The molecule has 0 spiro atoms. The number of benzene rings is 1. The van der Waals surface area contributed by atoms with Crippen LogP contribution in [0.25, 0.3) is 0 Å². The number of carbonyl (C=O) groups is 2. The van der Waals surface area contributed by atoms with Crippen molar-refractivity contribution in [3.63, 3.8) is 0 Å². The number of fused-ring (bicyclic) bond motifs is 2. The minimum Gasteiger partial charge on any atom is -0.325 e. The molecule has 2 aliphatic carbocycles. The van der Waals surface area contributed by atoms with Crippen molar-refractivity contribution in [3.05, 3.63) is 29.3 Å². The summed E-state index contributed by atoms with van der Waals surface area (Å²) in [5, 5.41) is 2.98. The second-order valence-corrected chi connectivity index (χ2v) is 7.33. The first-order chi connectivity index (χ1) is 9.77. The molecule has 2 fully saturated rings. The minimum atomic E-state index is -0.785. The molecule has 1 aromatic carbocycles. The topological polar surface area (TPSA) is 46.2 Å². The van der Waals surface area contributed by atoms with Crippen LogP contribution in [-0.2, 0) is 9.59 Å². The summed E-state index contributed by atoms with van der Waals surface area (Å²) in [7, 11) is 0. The molecule has 2 saturated carbocycles. The predicted octanol–water partition coefficient (Wildman–Crippen LogP) is 3.64. The van der Waals surface area contributed by atoms with Crippen molar-refractivity contribution in [3.8, 4) is 0 Å². The minimum absolute atomic E-state index is 0.108. The van der Waals surface area contributed by atoms with Crippen LogP contribution in [0.3, 0.4) is 0 Å². The van der Waals surface area contributed by atoms with Gasteiger partial charge < -0.3 is 5.32 Å². The Bertz CT molecular complexity index is 632. The van der Waals surface area contributed by atoms with Gasteiger partial charge in [0.05, 0.1) is 0 Å². The number of hydrogen-bond acceptors (Lipinski definition) is 2. The van der Waals surface area contributed by atoms with E-state index < -0.39 is 5.41 Å². The highest BCUT2D eigenvalue weighted by Crippen LogP contribution is 2.60. The van der Waals surface area contributed by atoms with Crippen LogP contribution in [0.5, 0.6) is 0 Å². The van der Waals surface area contributed by atoms with Gasteiger partial charge >= 0.3 is 0 Å². The normalized spacial score (nSPS) is 29.7. The van der Waals surface area contributed by atoms with Gasteiger partial charge in [0.1, 0.15) is 5.41 Å². The summed E-state index contributed by atoms with van der Waals surface area (Å²) in [5.74, 6) is 0.381. The van der Waals surface area contributed by atoms with Crippen LogP contribution < -0.4 is 5.32 Å². The maximum Gasteiger partial charge on any atom is 0.238 e. The number of anilines is 1. The van der Waals surface area contributed by atoms with Gasteiger partial charge in [0.15, 0.2) is 5.78 Å². The Morgan fingerprint density at radius 3 is 2.52 bits per heavy atom. The maximum atomic E-state index is 12.8. The Hall–Kier alpha value is -1.64. The molecule has 1 amide bonds. The van der Waals surface area contributed by atoms with E-state index in [2.05, 4.69) is 5.32 Å². The molecule has 0 radical (unpaired) electrons. The summed E-state index contributed by atoms with van der Waals surface area (Å²) in [6, 6.07) is 5.88. The average Bonchev–Trinajstić information content (AvgIpc) is 2.95. The fourth-order valence-corrected chi connectivity index (χ4v) is 4.05. The third-order valence-corrected chi connectivity index (χ3v) is 5.75. The first kappa shape index (κ1) is 14.3. The highest BCUT2D eigenvalue weighted by molar-refractivity contribution is 6.15. The summed E-state index contributed by atoms with van der Waals surface area (Å²) in [6.07, 6.45) is 2.41. The van der Waals surface area contributed by atoms with E-state index in [0.717, 1.165) is 24.1 Å². The standard InChI is InChI=1S/C18H23NO2/c1-11-5-6-14(9-12(11)2)19-16(21)18-8-7-13(10-18)17(3,4)15(18)20/h5-6,9,13H,7-8,10H2,1-4H3,(H,19,21). The van der Waals surface area contributed by atoms with E-state index in [1.807, 2.05) is 45.9 Å². The Balaban J connectivity index is 1.86. The monoisotopic (exact) mass is 285 g/mol. The molecular weight excluding hydrogens is 262 g/mol. The first-order valence-corrected chi connectivity index (χ1v) is 7.71. The number of carbonyl (C=O) groups excluding carboxylic acids is 2. The highest BCUT2D eigenvalue weighted by atomic mass is 16.2. The van der Waals surface area contributed by atoms with Crippen molar-refractivity contribution in [1.29, 1.82) is 0 Å². The molecule has 112 valence electrons. The van der Waals surface area contributed by atoms with Crippen molar-refractivity contribution < 1.29 is 9.59 Å². The quantitative estimate of drug-likeness (QED) is 0.843. The van der Waals surface area contributed by atoms with Gasteiger partial charge in [0, 0.05) is 11.1 Å². The van der Waals surface area contributed by atoms with Gasteiger partial charge in [-0.1, -0.05) is 19.9 Å². The molecule has 0 heterocycles. The Morgan fingerprint density at radius 1 is 1.24 bits per heavy atom. The lowest BCUT2D eigenvalue weighted by Gasteiger charge is -2.32. The lowest BCUT2D eigenvalue weighted by molar-refractivity contribution is -0.142. The lowest BCUT2D eigenvalue weighted by Crippen LogP contribution is -2.44. The van der Waals surface area contributed by atoms with Crippen LogP contribution in [0.1, 0.15) is 44.2 Å². The van der Waals surface area contributed by atoms with Crippen LogP contribution in [-0.4, -0.2) is 11.7 Å². The van der Waals surface area contributed by atoms with E-state index in [4.69, 9.17) is 0 Å². The average molecular weight is 285 g/mol. The molecule has 1 aromatic rings. The summed E-state index contributed by atoms with van der Waals surface area (Å²) < 4.78 is 0. The van der Waals surface area contributed by atoms with Gasteiger partial charge in [-0.05, 0) is 62.3 Å². The first-order valence-electron chi connectivity index (χ1n) is 7.71. The van der Waals surface area contributed by atoms with Gasteiger partial charge in [-0.2, -0.15) is 0 Å². The van der Waals surface area contributed by atoms with Crippen LogP contribution >= 0.6 is 0 Å².